The lowest BCUT2D eigenvalue weighted by atomic mass is 10.0. The number of thioether (sulfide) groups is 1. The monoisotopic (exact) mass is 536 g/mol. The zero-order valence-electron chi connectivity index (χ0n) is 21.3. The van der Waals surface area contributed by atoms with Crippen LogP contribution in [0.2, 0.25) is 0 Å². The molecule has 8 nitrogen and oxygen atoms in total. The molecule has 0 radical (unpaired) electrons. The van der Waals surface area contributed by atoms with Crippen LogP contribution in [0.25, 0.3) is 11.1 Å². The molecule has 2 heterocycles. The molecule has 4 rings (SSSR count). The van der Waals surface area contributed by atoms with Gasteiger partial charge in [0.2, 0.25) is 5.91 Å². The Morgan fingerprint density at radius 2 is 1.73 bits per heavy atom. The van der Waals surface area contributed by atoms with Crippen molar-refractivity contribution >= 4 is 40.0 Å². The topological polar surface area (TPSA) is 95.3 Å². The summed E-state index contributed by atoms with van der Waals surface area (Å²) < 4.78 is 12.7. The summed E-state index contributed by atoms with van der Waals surface area (Å²) in [4.78, 5) is 25.3. The van der Waals surface area contributed by atoms with Crippen molar-refractivity contribution in [1.29, 1.82) is 0 Å². The fourth-order valence-corrected chi connectivity index (χ4v) is 5.46. The number of anilines is 1. The summed E-state index contributed by atoms with van der Waals surface area (Å²) in [5.74, 6) is 0.764. The SMILES string of the molecule is COC(=O)c1c(-c2ccc(C)cc2)csc1NC(=O)CSc1nnc(COc2cc(C)cc(C)c2)n1C. The number of aryl methyl sites for hydroxylation is 3. The van der Waals surface area contributed by atoms with Gasteiger partial charge in [-0.1, -0.05) is 47.7 Å². The third-order valence-electron chi connectivity index (χ3n) is 5.62. The Labute approximate surface area is 224 Å². The van der Waals surface area contributed by atoms with Crippen LogP contribution in [0.5, 0.6) is 5.75 Å². The van der Waals surface area contributed by atoms with Gasteiger partial charge in [0, 0.05) is 18.0 Å². The quantitative estimate of drug-likeness (QED) is 0.221. The minimum Gasteiger partial charge on any atom is -0.486 e. The van der Waals surface area contributed by atoms with Gasteiger partial charge >= 0.3 is 5.97 Å². The van der Waals surface area contributed by atoms with Gasteiger partial charge in [0.25, 0.3) is 0 Å². The van der Waals surface area contributed by atoms with Crippen LogP contribution in [0.3, 0.4) is 0 Å². The minimum absolute atomic E-state index is 0.0995. The summed E-state index contributed by atoms with van der Waals surface area (Å²) in [6.45, 7) is 6.31. The molecule has 10 heteroatoms. The number of carbonyl (C=O) groups is 2. The van der Waals surface area contributed by atoms with E-state index in [0.29, 0.717) is 21.5 Å². The Morgan fingerprint density at radius 1 is 1.03 bits per heavy atom. The van der Waals surface area contributed by atoms with E-state index in [0.717, 1.165) is 33.6 Å². The molecule has 1 N–H and O–H groups in total. The second-order valence-electron chi connectivity index (χ2n) is 8.62. The van der Waals surface area contributed by atoms with Crippen molar-refractivity contribution in [2.45, 2.75) is 32.5 Å². The smallest absolute Gasteiger partial charge is 0.341 e. The molecule has 0 saturated heterocycles. The fraction of sp³-hybridized carbons (Fsp3) is 0.259. The van der Waals surface area contributed by atoms with Gasteiger partial charge < -0.3 is 19.4 Å². The summed E-state index contributed by atoms with van der Waals surface area (Å²) in [5.41, 5.74) is 5.32. The Balaban J connectivity index is 1.40. The van der Waals surface area contributed by atoms with Gasteiger partial charge in [0.1, 0.15) is 22.9 Å². The van der Waals surface area contributed by atoms with Crippen LogP contribution in [-0.2, 0) is 23.2 Å². The summed E-state index contributed by atoms with van der Waals surface area (Å²) in [6, 6.07) is 13.9. The summed E-state index contributed by atoms with van der Waals surface area (Å²) in [5, 5.41) is 14.2. The molecule has 0 spiro atoms. The molecule has 0 bridgehead atoms. The molecule has 0 aliphatic carbocycles. The van der Waals surface area contributed by atoms with Gasteiger partial charge in [-0.05, 0) is 49.6 Å². The number of ether oxygens (including phenoxy) is 2. The Kier molecular flexibility index (Phi) is 8.30. The second-order valence-corrected chi connectivity index (χ2v) is 10.4. The Morgan fingerprint density at radius 3 is 2.41 bits per heavy atom. The van der Waals surface area contributed by atoms with Crippen LogP contribution in [0.4, 0.5) is 5.00 Å². The molecule has 37 heavy (non-hydrogen) atoms. The standard InChI is InChI=1S/C27H28N4O4S2/c1-16-6-8-19(9-7-16)21-14-36-25(24(21)26(33)34-5)28-23(32)15-37-27-30-29-22(31(27)4)13-35-20-11-17(2)10-18(3)12-20/h6-12,14H,13,15H2,1-5H3,(H,28,32). The van der Waals surface area contributed by atoms with Crippen molar-refractivity contribution in [2.24, 2.45) is 7.05 Å². The molecular formula is C27H28N4O4S2. The third-order valence-corrected chi connectivity index (χ3v) is 7.53. The van der Waals surface area contributed by atoms with Crippen LogP contribution in [0, 0.1) is 20.8 Å². The highest BCUT2D eigenvalue weighted by molar-refractivity contribution is 7.99. The number of methoxy groups -OCH3 is 1. The average Bonchev–Trinajstić information content (AvgIpc) is 3.44. The van der Waals surface area contributed by atoms with Crippen molar-refractivity contribution in [3.05, 3.63) is 75.9 Å². The van der Waals surface area contributed by atoms with Crippen molar-refractivity contribution in [2.75, 3.05) is 18.2 Å². The first-order valence-corrected chi connectivity index (χ1v) is 13.4. The number of amides is 1. The van der Waals surface area contributed by atoms with Crippen LogP contribution >= 0.6 is 23.1 Å². The van der Waals surface area contributed by atoms with E-state index < -0.39 is 5.97 Å². The lowest BCUT2D eigenvalue weighted by molar-refractivity contribution is -0.113. The van der Waals surface area contributed by atoms with Gasteiger partial charge in [-0.25, -0.2) is 4.79 Å². The summed E-state index contributed by atoms with van der Waals surface area (Å²) in [7, 11) is 3.17. The lowest BCUT2D eigenvalue weighted by Crippen LogP contribution is -2.16. The van der Waals surface area contributed by atoms with Crippen LogP contribution < -0.4 is 10.1 Å². The zero-order chi connectivity index (χ0) is 26.5. The summed E-state index contributed by atoms with van der Waals surface area (Å²) in [6.07, 6.45) is 0. The third kappa shape index (κ3) is 6.39. The second kappa shape index (κ2) is 11.6. The average molecular weight is 537 g/mol. The molecule has 2 aromatic carbocycles. The highest BCUT2D eigenvalue weighted by Crippen LogP contribution is 2.36. The number of benzene rings is 2. The van der Waals surface area contributed by atoms with E-state index in [-0.39, 0.29) is 18.3 Å². The van der Waals surface area contributed by atoms with Crippen LogP contribution in [-0.4, -0.2) is 39.5 Å². The molecule has 0 aliphatic rings. The van der Waals surface area contributed by atoms with Crippen molar-refractivity contribution in [3.63, 3.8) is 0 Å². The first-order chi connectivity index (χ1) is 17.7. The number of hydrogen-bond acceptors (Lipinski definition) is 8. The molecule has 4 aromatic rings. The van der Waals surface area contributed by atoms with E-state index in [1.54, 1.807) is 4.57 Å². The molecule has 0 saturated carbocycles. The number of nitrogens with one attached hydrogen (secondary N) is 1. The van der Waals surface area contributed by atoms with E-state index in [2.05, 4.69) is 21.6 Å². The predicted octanol–water partition coefficient (Wildman–Crippen LogP) is 5.57. The molecular weight excluding hydrogens is 508 g/mol. The van der Waals surface area contributed by atoms with Gasteiger partial charge in [0.15, 0.2) is 11.0 Å². The number of nitrogens with zero attached hydrogens (tertiary/aromatic N) is 3. The maximum absolute atomic E-state index is 12.8. The summed E-state index contributed by atoms with van der Waals surface area (Å²) >= 11 is 2.55. The normalized spacial score (nSPS) is 10.8. The Bertz CT molecular complexity index is 1410. The fourth-order valence-electron chi connectivity index (χ4n) is 3.75. The highest BCUT2D eigenvalue weighted by Gasteiger charge is 2.22. The van der Waals surface area contributed by atoms with Gasteiger partial charge in [-0.2, -0.15) is 0 Å². The van der Waals surface area contributed by atoms with Gasteiger partial charge in [0.05, 0.1) is 12.9 Å². The number of esters is 1. The van der Waals surface area contributed by atoms with Crippen molar-refractivity contribution in [3.8, 4) is 16.9 Å². The van der Waals surface area contributed by atoms with Crippen LogP contribution in [0.15, 0.2) is 53.0 Å². The van der Waals surface area contributed by atoms with Gasteiger partial charge in [-0.15, -0.1) is 21.5 Å². The lowest BCUT2D eigenvalue weighted by Gasteiger charge is -2.09. The number of carbonyl (C=O) groups excluding carboxylic acids is 2. The van der Waals surface area contributed by atoms with E-state index in [1.165, 1.54) is 30.2 Å². The van der Waals surface area contributed by atoms with E-state index in [9.17, 15) is 9.59 Å². The minimum atomic E-state index is -0.499. The first-order valence-electron chi connectivity index (χ1n) is 11.5. The zero-order valence-corrected chi connectivity index (χ0v) is 23.0. The highest BCUT2D eigenvalue weighted by atomic mass is 32.2. The molecule has 192 valence electrons. The maximum atomic E-state index is 12.8. The van der Waals surface area contributed by atoms with E-state index in [4.69, 9.17) is 9.47 Å². The first kappa shape index (κ1) is 26.4. The largest absolute Gasteiger partial charge is 0.486 e. The van der Waals surface area contributed by atoms with E-state index >= 15 is 0 Å². The van der Waals surface area contributed by atoms with Crippen molar-refractivity contribution < 1.29 is 19.1 Å². The molecule has 1 amide bonds. The van der Waals surface area contributed by atoms with E-state index in [1.807, 2.05) is 69.6 Å². The molecule has 0 atom stereocenters. The van der Waals surface area contributed by atoms with Gasteiger partial charge in [-0.3, -0.25) is 4.79 Å². The molecule has 0 aliphatic heterocycles. The van der Waals surface area contributed by atoms with Crippen LogP contribution in [0.1, 0.15) is 32.9 Å². The number of thiophene rings is 1. The number of hydrogen-bond donors (Lipinski definition) is 1. The molecule has 0 fully saturated rings. The number of aromatic nitrogens is 3. The maximum Gasteiger partial charge on any atom is 0.341 e. The Hall–Kier alpha value is -3.63. The molecule has 2 aromatic heterocycles. The molecule has 0 unspecified atom stereocenters. The van der Waals surface area contributed by atoms with Crippen molar-refractivity contribution in [1.82, 2.24) is 14.8 Å². The number of rotatable bonds is 9. The predicted molar refractivity (Wildman–Crippen MR) is 146 cm³/mol.